The Labute approximate surface area is 215 Å². The quantitative estimate of drug-likeness (QED) is 0.335. The van der Waals surface area contributed by atoms with E-state index in [4.69, 9.17) is 9.73 Å². The Balaban J connectivity index is 1.57. The summed E-state index contributed by atoms with van der Waals surface area (Å²) in [5, 5.41) is 9.78. The van der Waals surface area contributed by atoms with Gasteiger partial charge in [0.25, 0.3) is 0 Å². The zero-order valence-electron chi connectivity index (χ0n) is 21.1. The third kappa shape index (κ3) is 4.33. The number of carbonyl (C=O) groups is 1. The Bertz CT molecular complexity index is 1440. The van der Waals surface area contributed by atoms with Crippen molar-refractivity contribution in [2.24, 2.45) is 4.99 Å². The van der Waals surface area contributed by atoms with E-state index in [1.54, 1.807) is 11.3 Å². The van der Waals surface area contributed by atoms with Gasteiger partial charge in [-0.2, -0.15) is 0 Å². The maximum absolute atomic E-state index is 12.3. The number of esters is 1. The molecule has 0 saturated carbocycles. The molecule has 8 heteroatoms. The predicted molar refractivity (Wildman–Crippen MR) is 143 cm³/mol. The molecule has 0 unspecified atom stereocenters. The smallest absolute Gasteiger partial charge is 0.308 e. The average molecular weight is 500 g/mol. The molecule has 0 radical (unpaired) electrons. The number of nitrogens with zero attached hydrogens (tertiary/aromatic N) is 5. The van der Waals surface area contributed by atoms with E-state index in [9.17, 15) is 4.79 Å². The van der Waals surface area contributed by atoms with E-state index < -0.39 is 6.04 Å². The number of aromatic nitrogens is 3. The number of hydrogen-bond acceptors (Lipinski definition) is 7. The van der Waals surface area contributed by atoms with Gasteiger partial charge in [-0.3, -0.25) is 14.4 Å². The summed E-state index contributed by atoms with van der Waals surface area (Å²) >= 11 is 1.70. The van der Waals surface area contributed by atoms with Gasteiger partial charge < -0.3 is 9.64 Å². The second kappa shape index (κ2) is 9.70. The van der Waals surface area contributed by atoms with Gasteiger partial charge in [-0.1, -0.05) is 42.5 Å². The summed E-state index contributed by atoms with van der Waals surface area (Å²) in [5.74, 6) is 1.11. The Morgan fingerprint density at radius 1 is 1.06 bits per heavy atom. The Morgan fingerprint density at radius 3 is 2.47 bits per heavy atom. The topological polar surface area (TPSA) is 72.6 Å². The van der Waals surface area contributed by atoms with Crippen molar-refractivity contribution in [1.82, 2.24) is 14.8 Å². The number of benzene rings is 2. The number of aliphatic imine (C=N–C) groups is 1. The van der Waals surface area contributed by atoms with Gasteiger partial charge in [0.2, 0.25) is 0 Å². The highest BCUT2D eigenvalue weighted by atomic mass is 32.1. The van der Waals surface area contributed by atoms with Crippen LogP contribution in [0.3, 0.4) is 0 Å². The molecule has 0 fully saturated rings. The van der Waals surface area contributed by atoms with Crippen LogP contribution in [0.5, 0.6) is 0 Å². The molecule has 0 bridgehead atoms. The molecule has 1 aliphatic heterocycles. The van der Waals surface area contributed by atoms with Crippen LogP contribution in [0.4, 0.5) is 5.69 Å². The molecule has 5 rings (SSSR count). The summed E-state index contributed by atoms with van der Waals surface area (Å²) in [6.07, 6.45) is 0.100. The molecule has 184 valence electrons. The summed E-state index contributed by atoms with van der Waals surface area (Å²) in [6, 6.07) is 18.4. The number of carbonyl (C=O) groups excluding carboxylic acids is 1. The van der Waals surface area contributed by atoms with Gasteiger partial charge in [0.05, 0.1) is 19.2 Å². The van der Waals surface area contributed by atoms with Crippen LogP contribution >= 0.6 is 11.3 Å². The van der Waals surface area contributed by atoms with Crippen molar-refractivity contribution in [3.8, 4) is 5.00 Å². The fourth-order valence-corrected chi connectivity index (χ4v) is 5.80. The van der Waals surface area contributed by atoms with Gasteiger partial charge in [-0.25, -0.2) is 0 Å². The molecule has 0 spiro atoms. The van der Waals surface area contributed by atoms with Crippen LogP contribution < -0.4 is 4.90 Å². The Morgan fingerprint density at radius 2 is 1.78 bits per heavy atom. The lowest BCUT2D eigenvalue weighted by atomic mass is 9.99. The standard InChI is InChI=1S/C28H29N5O2S/c1-17-18(2)36-28-25(17)26(29-23(15-24(34)35-5)27-31-30-19(3)33(27)28)21-11-13-22(14-12-21)32(4)16-20-9-7-6-8-10-20/h6-14,23H,15-16H2,1-5H3/t23-/m0/s1. The lowest BCUT2D eigenvalue weighted by Crippen LogP contribution is -2.16. The molecule has 1 atom stereocenters. The van der Waals surface area contributed by atoms with E-state index in [-0.39, 0.29) is 12.4 Å². The van der Waals surface area contributed by atoms with E-state index in [2.05, 4.69) is 84.5 Å². The monoisotopic (exact) mass is 499 g/mol. The van der Waals surface area contributed by atoms with Gasteiger partial charge >= 0.3 is 5.97 Å². The third-order valence-electron chi connectivity index (χ3n) is 6.67. The molecule has 0 amide bonds. The van der Waals surface area contributed by atoms with Crippen molar-refractivity contribution in [3.05, 3.63) is 93.4 Å². The second-order valence-electron chi connectivity index (χ2n) is 9.07. The summed E-state index contributed by atoms with van der Waals surface area (Å²) in [4.78, 5) is 20.9. The van der Waals surface area contributed by atoms with Crippen LogP contribution in [0, 0.1) is 20.8 Å². The van der Waals surface area contributed by atoms with Gasteiger partial charge in [0, 0.05) is 35.3 Å². The number of fused-ring (bicyclic) bond motifs is 3. The highest BCUT2D eigenvalue weighted by Gasteiger charge is 2.32. The predicted octanol–water partition coefficient (Wildman–Crippen LogP) is 5.35. The molecule has 4 aromatic rings. The first kappa shape index (κ1) is 23.9. The first-order chi connectivity index (χ1) is 17.4. The zero-order chi connectivity index (χ0) is 25.4. The van der Waals surface area contributed by atoms with Crippen LogP contribution in [0.25, 0.3) is 5.00 Å². The third-order valence-corrected chi connectivity index (χ3v) is 7.86. The molecule has 2 aromatic heterocycles. The van der Waals surface area contributed by atoms with Crippen LogP contribution in [0.15, 0.2) is 59.6 Å². The van der Waals surface area contributed by atoms with Crippen molar-refractivity contribution in [2.75, 3.05) is 19.1 Å². The van der Waals surface area contributed by atoms with E-state index in [0.29, 0.717) is 5.82 Å². The van der Waals surface area contributed by atoms with Crippen molar-refractivity contribution in [2.45, 2.75) is 39.8 Å². The number of anilines is 1. The zero-order valence-corrected chi connectivity index (χ0v) is 22.0. The van der Waals surface area contributed by atoms with Crippen LogP contribution in [-0.2, 0) is 16.1 Å². The number of aryl methyl sites for hydroxylation is 2. The summed E-state index contributed by atoms with van der Waals surface area (Å²) < 4.78 is 7.03. The summed E-state index contributed by atoms with van der Waals surface area (Å²) in [7, 11) is 3.49. The number of hydrogen-bond donors (Lipinski definition) is 0. The Hall–Kier alpha value is -3.78. The normalized spacial score (nSPS) is 14.5. The van der Waals surface area contributed by atoms with Crippen molar-refractivity contribution >= 4 is 28.7 Å². The highest BCUT2D eigenvalue weighted by Crippen LogP contribution is 2.39. The lowest BCUT2D eigenvalue weighted by Gasteiger charge is -2.20. The van der Waals surface area contributed by atoms with Gasteiger partial charge in [-0.05, 0) is 44.0 Å². The van der Waals surface area contributed by atoms with Crippen LogP contribution in [0.1, 0.15) is 51.2 Å². The van der Waals surface area contributed by atoms with Crippen molar-refractivity contribution in [3.63, 3.8) is 0 Å². The SMILES string of the molecule is COC(=O)C[C@@H]1N=C(c2ccc(N(C)Cc3ccccc3)cc2)c2c(sc(C)c2C)-n2c(C)nnc21. The maximum atomic E-state index is 12.3. The summed E-state index contributed by atoms with van der Waals surface area (Å²) in [6.45, 7) is 7.01. The van der Waals surface area contributed by atoms with Crippen LogP contribution in [-0.4, -0.2) is 40.6 Å². The molecule has 2 aromatic carbocycles. The molecule has 0 aliphatic carbocycles. The number of thiophene rings is 1. The van der Waals surface area contributed by atoms with Gasteiger partial charge in [0.1, 0.15) is 16.9 Å². The van der Waals surface area contributed by atoms with Crippen LogP contribution in [0.2, 0.25) is 0 Å². The lowest BCUT2D eigenvalue weighted by molar-refractivity contribution is -0.141. The molecule has 3 heterocycles. The molecular weight excluding hydrogens is 470 g/mol. The minimum Gasteiger partial charge on any atom is -0.469 e. The number of rotatable bonds is 6. The van der Waals surface area contributed by atoms with Gasteiger partial charge in [0.15, 0.2) is 5.82 Å². The fourth-order valence-electron chi connectivity index (χ4n) is 4.59. The average Bonchev–Trinajstić information content (AvgIpc) is 3.36. The minimum atomic E-state index is -0.492. The van der Waals surface area contributed by atoms with Crippen molar-refractivity contribution in [1.29, 1.82) is 0 Å². The fraction of sp³-hybridized carbons (Fsp3) is 0.286. The molecule has 1 aliphatic rings. The number of methoxy groups -OCH3 is 1. The van der Waals surface area contributed by atoms with E-state index >= 15 is 0 Å². The Kier molecular flexibility index (Phi) is 6.45. The first-order valence-electron chi connectivity index (χ1n) is 11.9. The largest absolute Gasteiger partial charge is 0.469 e. The molecule has 36 heavy (non-hydrogen) atoms. The van der Waals surface area contributed by atoms with E-state index in [1.807, 2.05) is 17.6 Å². The van der Waals surface area contributed by atoms with E-state index in [1.165, 1.54) is 23.1 Å². The molecular formula is C28H29N5O2S. The summed E-state index contributed by atoms with van der Waals surface area (Å²) in [5.41, 5.74) is 6.49. The van der Waals surface area contributed by atoms with Crippen molar-refractivity contribution < 1.29 is 9.53 Å². The number of ether oxygens (including phenoxy) is 1. The molecule has 0 saturated heterocycles. The molecule has 0 N–H and O–H groups in total. The van der Waals surface area contributed by atoms with Gasteiger partial charge in [-0.15, -0.1) is 21.5 Å². The second-order valence-corrected chi connectivity index (χ2v) is 10.3. The highest BCUT2D eigenvalue weighted by molar-refractivity contribution is 7.15. The minimum absolute atomic E-state index is 0.100. The molecule has 7 nitrogen and oxygen atoms in total. The first-order valence-corrected chi connectivity index (χ1v) is 12.7. The van der Waals surface area contributed by atoms with E-state index in [0.717, 1.165) is 39.9 Å². The maximum Gasteiger partial charge on any atom is 0.308 e.